The van der Waals surface area contributed by atoms with E-state index in [-0.39, 0.29) is 29.5 Å². The molecule has 1 fully saturated rings. The molecule has 1 saturated heterocycles. The second-order valence-corrected chi connectivity index (χ2v) is 7.18. The first kappa shape index (κ1) is 22.2. The molecular formula is C22H21F3N4O2. The van der Waals surface area contributed by atoms with Crippen molar-refractivity contribution in [2.24, 2.45) is 5.92 Å². The Morgan fingerprint density at radius 3 is 2.48 bits per heavy atom. The van der Waals surface area contributed by atoms with E-state index < -0.39 is 23.4 Å². The molecule has 162 valence electrons. The Morgan fingerprint density at radius 2 is 1.81 bits per heavy atom. The molecule has 2 aromatic carbocycles. The van der Waals surface area contributed by atoms with E-state index in [1.165, 1.54) is 17.0 Å². The van der Waals surface area contributed by atoms with Crippen molar-refractivity contribution in [2.75, 3.05) is 31.5 Å². The fraction of sp³-hybridized carbons (Fsp3) is 0.318. The summed E-state index contributed by atoms with van der Waals surface area (Å²) in [4.78, 5) is 26.3. The molecule has 1 aliphatic rings. The Bertz CT molecular complexity index is 1010. The van der Waals surface area contributed by atoms with Crippen LogP contribution in [0.5, 0.6) is 0 Å². The molecule has 6 nitrogen and oxygen atoms in total. The van der Waals surface area contributed by atoms with Crippen molar-refractivity contribution in [3.63, 3.8) is 0 Å². The lowest BCUT2D eigenvalue weighted by atomic mass is 9.95. The number of piperidine rings is 1. The molecule has 31 heavy (non-hydrogen) atoms. The van der Waals surface area contributed by atoms with Crippen molar-refractivity contribution in [2.45, 2.75) is 12.8 Å². The lowest BCUT2D eigenvalue weighted by molar-refractivity contribution is -0.126. The van der Waals surface area contributed by atoms with Crippen LogP contribution in [-0.2, 0) is 4.79 Å². The predicted octanol–water partition coefficient (Wildman–Crippen LogP) is 3.06. The molecule has 3 rings (SSSR count). The zero-order valence-corrected chi connectivity index (χ0v) is 16.6. The van der Waals surface area contributed by atoms with Crippen molar-refractivity contribution in [3.05, 3.63) is 65.0 Å². The summed E-state index contributed by atoms with van der Waals surface area (Å²) in [5, 5.41) is 14.7. The van der Waals surface area contributed by atoms with Gasteiger partial charge in [-0.05, 0) is 37.1 Å². The monoisotopic (exact) mass is 430 g/mol. The second-order valence-electron chi connectivity index (χ2n) is 7.18. The first-order valence-corrected chi connectivity index (χ1v) is 9.85. The van der Waals surface area contributed by atoms with E-state index in [1.807, 2.05) is 0 Å². The third-order valence-electron chi connectivity index (χ3n) is 5.18. The Morgan fingerprint density at radius 1 is 1.06 bits per heavy atom. The van der Waals surface area contributed by atoms with Gasteiger partial charge in [0.05, 0.1) is 11.3 Å². The minimum atomic E-state index is -0.907. The first-order chi connectivity index (χ1) is 14.9. The average molecular weight is 430 g/mol. The molecular weight excluding hydrogens is 409 g/mol. The van der Waals surface area contributed by atoms with Gasteiger partial charge in [-0.3, -0.25) is 9.59 Å². The highest BCUT2D eigenvalue weighted by Gasteiger charge is 2.28. The summed E-state index contributed by atoms with van der Waals surface area (Å²) in [6.45, 7) is 1.17. The topological polar surface area (TPSA) is 85.2 Å². The normalized spacial score (nSPS) is 14.1. The van der Waals surface area contributed by atoms with Crippen LogP contribution in [0.2, 0.25) is 0 Å². The summed E-state index contributed by atoms with van der Waals surface area (Å²) in [6, 6.07) is 8.90. The van der Waals surface area contributed by atoms with E-state index in [9.17, 15) is 22.8 Å². The summed E-state index contributed by atoms with van der Waals surface area (Å²) in [5.41, 5.74) is 0.0875. The van der Waals surface area contributed by atoms with Crippen LogP contribution in [0.3, 0.4) is 0 Å². The molecule has 2 aromatic rings. The van der Waals surface area contributed by atoms with Crippen molar-refractivity contribution in [1.82, 2.24) is 10.2 Å². The summed E-state index contributed by atoms with van der Waals surface area (Å²) in [6.07, 6.45) is 0.854. The van der Waals surface area contributed by atoms with Crippen LogP contribution in [0, 0.1) is 34.7 Å². The van der Waals surface area contributed by atoms with Gasteiger partial charge >= 0.3 is 0 Å². The van der Waals surface area contributed by atoms with Crippen molar-refractivity contribution in [3.8, 4) is 6.07 Å². The van der Waals surface area contributed by atoms with Gasteiger partial charge < -0.3 is 15.5 Å². The molecule has 0 radical (unpaired) electrons. The highest BCUT2D eigenvalue weighted by Crippen LogP contribution is 2.21. The third-order valence-corrected chi connectivity index (χ3v) is 5.18. The smallest absolute Gasteiger partial charge is 0.256 e. The van der Waals surface area contributed by atoms with E-state index in [0.29, 0.717) is 44.2 Å². The number of nitriles is 1. The Balaban J connectivity index is 1.44. The number of hydrogen-bond acceptors (Lipinski definition) is 4. The van der Waals surface area contributed by atoms with Crippen LogP contribution >= 0.6 is 0 Å². The zero-order chi connectivity index (χ0) is 22.4. The lowest BCUT2D eigenvalue weighted by Gasteiger charge is -2.31. The van der Waals surface area contributed by atoms with E-state index in [2.05, 4.69) is 10.6 Å². The maximum absolute atomic E-state index is 13.8. The Kier molecular flexibility index (Phi) is 7.13. The molecule has 1 aliphatic heterocycles. The molecule has 2 amide bonds. The molecule has 0 spiro atoms. The molecule has 0 atom stereocenters. The molecule has 0 bridgehead atoms. The number of carbonyl (C=O) groups excluding carboxylic acids is 2. The largest absolute Gasteiger partial charge is 0.382 e. The van der Waals surface area contributed by atoms with E-state index in [0.717, 1.165) is 12.1 Å². The second kappa shape index (κ2) is 9.98. The summed E-state index contributed by atoms with van der Waals surface area (Å²) < 4.78 is 40.4. The van der Waals surface area contributed by atoms with Gasteiger partial charge in [0.1, 0.15) is 29.1 Å². The molecule has 0 aliphatic carbocycles. The van der Waals surface area contributed by atoms with Gasteiger partial charge in [-0.15, -0.1) is 0 Å². The van der Waals surface area contributed by atoms with Crippen LogP contribution in [-0.4, -0.2) is 42.9 Å². The SMILES string of the molecule is N#Cc1c(F)cccc1NCCNC(=O)C1CCN(C(=O)c2ccc(F)cc2F)CC1. The number of nitrogens with one attached hydrogen (secondary N) is 2. The number of carbonyl (C=O) groups is 2. The highest BCUT2D eigenvalue weighted by molar-refractivity contribution is 5.94. The van der Waals surface area contributed by atoms with Crippen molar-refractivity contribution in [1.29, 1.82) is 5.26 Å². The van der Waals surface area contributed by atoms with Gasteiger partial charge in [-0.2, -0.15) is 5.26 Å². The molecule has 9 heteroatoms. The Labute approximate surface area is 177 Å². The maximum atomic E-state index is 13.8. The van der Waals surface area contributed by atoms with Gasteiger partial charge in [0, 0.05) is 38.2 Å². The number of rotatable bonds is 6. The minimum absolute atomic E-state index is 0.0801. The zero-order valence-electron chi connectivity index (χ0n) is 16.6. The van der Waals surface area contributed by atoms with Crippen LogP contribution in [0.25, 0.3) is 0 Å². The number of benzene rings is 2. The number of halogens is 3. The van der Waals surface area contributed by atoms with Gasteiger partial charge in [0.2, 0.25) is 5.91 Å². The number of amides is 2. The maximum Gasteiger partial charge on any atom is 0.256 e. The number of nitrogens with zero attached hydrogens (tertiary/aromatic N) is 2. The van der Waals surface area contributed by atoms with Crippen LogP contribution in [0.1, 0.15) is 28.8 Å². The fourth-order valence-electron chi connectivity index (χ4n) is 3.49. The van der Waals surface area contributed by atoms with Gasteiger partial charge in [0.25, 0.3) is 5.91 Å². The molecule has 0 unspecified atom stereocenters. The van der Waals surface area contributed by atoms with Crippen LogP contribution in [0.4, 0.5) is 18.9 Å². The molecule has 0 aromatic heterocycles. The number of anilines is 1. The van der Waals surface area contributed by atoms with Crippen molar-refractivity contribution >= 4 is 17.5 Å². The van der Waals surface area contributed by atoms with E-state index >= 15 is 0 Å². The minimum Gasteiger partial charge on any atom is -0.382 e. The Hall–Kier alpha value is -3.54. The standard InChI is InChI=1S/C22H21F3N4O2/c23-15-4-5-16(19(25)12-15)22(31)29-10-6-14(7-11-29)21(30)28-9-8-27-20-3-1-2-18(24)17(20)13-26/h1-5,12,14,27H,6-11H2,(H,28,30). The quantitative estimate of drug-likeness (QED) is 0.690. The van der Waals surface area contributed by atoms with Gasteiger partial charge in [-0.1, -0.05) is 6.07 Å². The predicted molar refractivity (Wildman–Crippen MR) is 108 cm³/mol. The van der Waals surface area contributed by atoms with E-state index in [1.54, 1.807) is 12.1 Å². The average Bonchev–Trinajstić information content (AvgIpc) is 2.76. The van der Waals surface area contributed by atoms with Gasteiger partial charge in [-0.25, -0.2) is 13.2 Å². The lowest BCUT2D eigenvalue weighted by Crippen LogP contribution is -2.43. The summed E-state index contributed by atoms with van der Waals surface area (Å²) in [7, 11) is 0. The van der Waals surface area contributed by atoms with Crippen LogP contribution in [0.15, 0.2) is 36.4 Å². The molecule has 2 N–H and O–H groups in total. The number of hydrogen-bond donors (Lipinski definition) is 2. The number of likely N-dealkylation sites (tertiary alicyclic amines) is 1. The van der Waals surface area contributed by atoms with Crippen LogP contribution < -0.4 is 10.6 Å². The highest BCUT2D eigenvalue weighted by atomic mass is 19.1. The first-order valence-electron chi connectivity index (χ1n) is 9.85. The summed E-state index contributed by atoms with van der Waals surface area (Å²) >= 11 is 0. The van der Waals surface area contributed by atoms with Crippen molar-refractivity contribution < 1.29 is 22.8 Å². The van der Waals surface area contributed by atoms with E-state index in [4.69, 9.17) is 5.26 Å². The van der Waals surface area contributed by atoms with Gasteiger partial charge in [0.15, 0.2) is 0 Å². The third kappa shape index (κ3) is 5.34. The molecule has 1 heterocycles. The summed E-state index contributed by atoms with van der Waals surface area (Å²) in [5.74, 6) is -3.25. The molecule has 0 saturated carbocycles. The fourth-order valence-corrected chi connectivity index (χ4v) is 3.49.